The fourth-order valence-corrected chi connectivity index (χ4v) is 5.53. The maximum absolute atomic E-state index is 13.7. The van der Waals surface area contributed by atoms with Crippen molar-refractivity contribution in [2.75, 3.05) is 26.0 Å². The van der Waals surface area contributed by atoms with Gasteiger partial charge in [0.1, 0.15) is 11.8 Å². The van der Waals surface area contributed by atoms with Gasteiger partial charge in [0, 0.05) is 43.2 Å². The molecule has 0 saturated heterocycles. The molecule has 0 fully saturated rings. The average molecular weight is 496 g/mol. The highest BCUT2D eigenvalue weighted by Crippen LogP contribution is 2.42. The molecule has 35 heavy (non-hydrogen) atoms. The number of nitrogens with one attached hydrogen (secondary N) is 1. The quantitative estimate of drug-likeness (QED) is 0.448. The van der Waals surface area contributed by atoms with Crippen LogP contribution in [0.4, 0.5) is 0 Å². The Labute approximate surface area is 210 Å². The number of ether oxygens (including phenoxy) is 2. The van der Waals surface area contributed by atoms with Crippen LogP contribution in [0.3, 0.4) is 0 Å². The van der Waals surface area contributed by atoms with E-state index in [1.807, 2.05) is 63.4 Å². The molecule has 1 aliphatic heterocycles. The van der Waals surface area contributed by atoms with E-state index in [-0.39, 0.29) is 23.7 Å². The van der Waals surface area contributed by atoms with Crippen LogP contribution in [-0.2, 0) is 27.9 Å². The van der Waals surface area contributed by atoms with Crippen LogP contribution in [0.2, 0.25) is 0 Å². The van der Waals surface area contributed by atoms with Crippen molar-refractivity contribution in [3.63, 3.8) is 0 Å². The molecule has 8 heteroatoms. The Morgan fingerprint density at radius 3 is 2.63 bits per heavy atom. The topological polar surface area (TPSA) is 72.8 Å². The summed E-state index contributed by atoms with van der Waals surface area (Å²) in [7, 11) is 3.62. The monoisotopic (exact) mass is 495 g/mol. The number of amides is 2. The van der Waals surface area contributed by atoms with Crippen LogP contribution in [0.25, 0.3) is 10.9 Å². The molecule has 1 aliphatic rings. The number of carbonyl (C=O) groups excluding carboxylic acids is 2. The van der Waals surface area contributed by atoms with E-state index >= 15 is 0 Å². The number of aryl methyl sites for hydroxylation is 1. The van der Waals surface area contributed by atoms with Crippen molar-refractivity contribution in [1.29, 1.82) is 0 Å². The minimum Gasteiger partial charge on any atom is -0.497 e. The zero-order valence-corrected chi connectivity index (χ0v) is 21.6. The molecule has 0 unspecified atom stereocenters. The first kappa shape index (κ1) is 25.1. The van der Waals surface area contributed by atoms with Crippen molar-refractivity contribution in [1.82, 2.24) is 14.8 Å². The van der Waals surface area contributed by atoms with Crippen LogP contribution in [0.1, 0.15) is 37.4 Å². The maximum atomic E-state index is 13.7. The molecule has 1 atom stereocenters. The van der Waals surface area contributed by atoms with E-state index in [2.05, 4.69) is 16.0 Å². The standard InChI is InChI=1S/C27H33N3O4S/c1-18(2)34-15-7-14-28-26(32)25-24-21-8-5-6-9-22(21)29(3)27(24)35-17-23(31)30(25)16-19-10-12-20(33-4)13-11-19/h5-6,8-13,18,25H,7,14-17H2,1-4H3,(H,28,32)/t25-/m0/s1. The van der Waals surface area contributed by atoms with Gasteiger partial charge >= 0.3 is 0 Å². The summed E-state index contributed by atoms with van der Waals surface area (Å²) in [5.74, 6) is 0.797. The Kier molecular flexibility index (Phi) is 8.03. The number of carbonyl (C=O) groups is 2. The summed E-state index contributed by atoms with van der Waals surface area (Å²) in [5, 5.41) is 5.03. The van der Waals surface area contributed by atoms with Crippen molar-refractivity contribution >= 4 is 34.5 Å². The third kappa shape index (κ3) is 5.49. The van der Waals surface area contributed by atoms with E-state index < -0.39 is 6.04 Å². The SMILES string of the molecule is COc1ccc(CN2C(=O)CSc3c(c4ccccc4n3C)[C@H]2C(=O)NCCCOC(C)C)cc1. The van der Waals surface area contributed by atoms with Gasteiger partial charge in [-0.2, -0.15) is 0 Å². The second-order valence-electron chi connectivity index (χ2n) is 8.92. The Balaban J connectivity index is 1.69. The highest BCUT2D eigenvalue weighted by molar-refractivity contribution is 8.00. The number of hydrogen-bond acceptors (Lipinski definition) is 5. The van der Waals surface area contributed by atoms with Crippen molar-refractivity contribution in [2.45, 2.75) is 44.0 Å². The summed E-state index contributed by atoms with van der Waals surface area (Å²) in [6.45, 7) is 5.38. The Morgan fingerprint density at radius 1 is 1.17 bits per heavy atom. The lowest BCUT2D eigenvalue weighted by molar-refractivity contribution is -0.139. The number of fused-ring (bicyclic) bond motifs is 3. The van der Waals surface area contributed by atoms with Gasteiger partial charge in [0.05, 0.1) is 24.0 Å². The van der Waals surface area contributed by atoms with E-state index in [0.29, 0.717) is 26.1 Å². The summed E-state index contributed by atoms with van der Waals surface area (Å²) in [5.41, 5.74) is 2.88. The van der Waals surface area contributed by atoms with Crippen LogP contribution in [-0.4, -0.2) is 53.4 Å². The smallest absolute Gasteiger partial charge is 0.247 e. The largest absolute Gasteiger partial charge is 0.497 e. The predicted octanol–water partition coefficient (Wildman–Crippen LogP) is 4.29. The molecule has 3 aromatic rings. The van der Waals surface area contributed by atoms with Crippen molar-refractivity contribution < 1.29 is 19.1 Å². The molecule has 0 radical (unpaired) electrons. The first-order valence-electron chi connectivity index (χ1n) is 11.9. The minimum absolute atomic E-state index is 0.0607. The normalized spacial score (nSPS) is 15.9. The molecule has 7 nitrogen and oxygen atoms in total. The zero-order chi connectivity index (χ0) is 24.9. The van der Waals surface area contributed by atoms with Crippen molar-refractivity contribution in [3.05, 3.63) is 59.7 Å². The van der Waals surface area contributed by atoms with E-state index in [9.17, 15) is 9.59 Å². The van der Waals surface area contributed by atoms with E-state index in [1.165, 1.54) is 11.8 Å². The first-order valence-corrected chi connectivity index (χ1v) is 12.9. The number of aromatic nitrogens is 1. The Morgan fingerprint density at radius 2 is 1.91 bits per heavy atom. The molecule has 0 bridgehead atoms. The zero-order valence-electron chi connectivity index (χ0n) is 20.7. The van der Waals surface area contributed by atoms with Gasteiger partial charge < -0.3 is 24.3 Å². The summed E-state index contributed by atoms with van der Waals surface area (Å²) in [4.78, 5) is 28.8. The number of methoxy groups -OCH3 is 1. The van der Waals surface area contributed by atoms with Gasteiger partial charge in [-0.3, -0.25) is 9.59 Å². The molecule has 2 aromatic carbocycles. The molecule has 186 valence electrons. The van der Waals surface area contributed by atoms with Crippen LogP contribution < -0.4 is 10.1 Å². The fraction of sp³-hybridized carbons (Fsp3) is 0.407. The summed E-state index contributed by atoms with van der Waals surface area (Å²) >= 11 is 1.50. The summed E-state index contributed by atoms with van der Waals surface area (Å²) in [6.07, 6.45) is 0.862. The third-order valence-corrected chi connectivity index (χ3v) is 7.32. The van der Waals surface area contributed by atoms with Gasteiger partial charge in [0.2, 0.25) is 11.8 Å². The number of nitrogens with zero attached hydrogens (tertiary/aromatic N) is 2. The van der Waals surface area contributed by atoms with E-state index in [0.717, 1.165) is 32.8 Å². The molecule has 1 N–H and O–H groups in total. The van der Waals surface area contributed by atoms with Crippen LogP contribution in [0.5, 0.6) is 5.75 Å². The van der Waals surface area contributed by atoms with Crippen LogP contribution >= 0.6 is 11.8 Å². The Hall–Kier alpha value is -2.97. The minimum atomic E-state index is -0.730. The maximum Gasteiger partial charge on any atom is 0.247 e. The lowest BCUT2D eigenvalue weighted by Crippen LogP contribution is -2.43. The molecule has 0 spiro atoms. The van der Waals surface area contributed by atoms with Crippen LogP contribution in [0.15, 0.2) is 53.6 Å². The number of hydrogen-bond donors (Lipinski definition) is 1. The van der Waals surface area contributed by atoms with E-state index in [4.69, 9.17) is 9.47 Å². The average Bonchev–Trinajstić information content (AvgIpc) is 3.04. The third-order valence-electron chi connectivity index (χ3n) is 6.16. The van der Waals surface area contributed by atoms with Crippen molar-refractivity contribution in [3.8, 4) is 5.75 Å². The highest BCUT2D eigenvalue weighted by atomic mass is 32.2. The fourth-order valence-electron chi connectivity index (χ4n) is 4.43. The number of para-hydroxylation sites is 1. The lowest BCUT2D eigenvalue weighted by atomic mass is 10.0. The summed E-state index contributed by atoms with van der Waals surface area (Å²) < 4.78 is 13.0. The van der Waals surface area contributed by atoms with Gasteiger partial charge in [0.15, 0.2) is 0 Å². The first-order chi connectivity index (χ1) is 16.9. The van der Waals surface area contributed by atoms with Gasteiger partial charge in [-0.1, -0.05) is 42.1 Å². The molecule has 0 saturated carbocycles. The number of benzene rings is 2. The predicted molar refractivity (Wildman–Crippen MR) is 139 cm³/mol. The van der Waals surface area contributed by atoms with Gasteiger partial charge in [0.25, 0.3) is 0 Å². The van der Waals surface area contributed by atoms with Crippen molar-refractivity contribution in [2.24, 2.45) is 7.05 Å². The van der Waals surface area contributed by atoms with Gasteiger partial charge in [-0.15, -0.1) is 0 Å². The second kappa shape index (κ2) is 11.2. The van der Waals surface area contributed by atoms with Gasteiger partial charge in [-0.25, -0.2) is 0 Å². The molecule has 0 aliphatic carbocycles. The second-order valence-corrected chi connectivity index (χ2v) is 9.88. The molecule has 2 amide bonds. The van der Waals surface area contributed by atoms with Gasteiger partial charge in [-0.05, 0) is 44.0 Å². The molecule has 4 rings (SSSR count). The summed E-state index contributed by atoms with van der Waals surface area (Å²) in [6, 6.07) is 15.0. The number of rotatable bonds is 9. The molecule has 2 heterocycles. The molecular weight excluding hydrogens is 462 g/mol. The molecule has 1 aromatic heterocycles. The lowest BCUT2D eigenvalue weighted by Gasteiger charge is -2.30. The van der Waals surface area contributed by atoms with E-state index in [1.54, 1.807) is 12.0 Å². The number of thioether (sulfide) groups is 1. The Bertz CT molecular complexity index is 1190. The van der Waals surface area contributed by atoms with Crippen LogP contribution in [0, 0.1) is 0 Å². The molecular formula is C27H33N3O4S. The highest BCUT2D eigenvalue weighted by Gasteiger charge is 2.38.